The number of hydrogen-bond donors (Lipinski definition) is 1. The van der Waals surface area contributed by atoms with E-state index in [9.17, 15) is 4.79 Å². The molecule has 1 aliphatic rings. The molecule has 0 bridgehead atoms. The van der Waals surface area contributed by atoms with E-state index in [0.29, 0.717) is 6.42 Å². The van der Waals surface area contributed by atoms with E-state index < -0.39 is 0 Å². The molecule has 0 spiro atoms. The summed E-state index contributed by atoms with van der Waals surface area (Å²) in [4.78, 5) is 16.2. The molecule has 20 heavy (non-hydrogen) atoms. The van der Waals surface area contributed by atoms with Crippen LogP contribution in [0, 0.1) is 5.41 Å². The van der Waals surface area contributed by atoms with Gasteiger partial charge in [0.15, 0.2) is 0 Å². The molecule has 1 atom stereocenters. The quantitative estimate of drug-likeness (QED) is 0.794. The van der Waals surface area contributed by atoms with Crippen LogP contribution in [0.2, 0.25) is 0 Å². The van der Waals surface area contributed by atoms with Gasteiger partial charge >= 0.3 is 0 Å². The SMILES string of the molecule is CC(N)CC(=O)N(C)CC(C)(C)CN1CCOCC1.Cl. The number of nitrogens with zero attached hydrogens (tertiary/aromatic N) is 2. The van der Waals surface area contributed by atoms with Crippen LogP contribution in [-0.2, 0) is 9.53 Å². The van der Waals surface area contributed by atoms with E-state index in [-0.39, 0.29) is 29.8 Å². The number of rotatable bonds is 6. The Morgan fingerprint density at radius 2 is 1.95 bits per heavy atom. The van der Waals surface area contributed by atoms with E-state index in [1.54, 1.807) is 0 Å². The van der Waals surface area contributed by atoms with Crippen molar-refractivity contribution in [2.24, 2.45) is 11.1 Å². The van der Waals surface area contributed by atoms with Crippen LogP contribution in [0.25, 0.3) is 0 Å². The first-order valence-electron chi connectivity index (χ1n) is 7.10. The fourth-order valence-electron chi connectivity index (χ4n) is 2.58. The van der Waals surface area contributed by atoms with Crippen molar-refractivity contribution in [3.8, 4) is 0 Å². The number of amides is 1. The van der Waals surface area contributed by atoms with Crippen LogP contribution in [0.5, 0.6) is 0 Å². The molecule has 5 nitrogen and oxygen atoms in total. The average Bonchev–Trinajstić information content (AvgIpc) is 2.27. The summed E-state index contributed by atoms with van der Waals surface area (Å²) < 4.78 is 5.36. The maximum absolute atomic E-state index is 11.9. The normalized spacial score (nSPS) is 18.2. The van der Waals surface area contributed by atoms with Gasteiger partial charge in [-0.3, -0.25) is 9.69 Å². The fourth-order valence-corrected chi connectivity index (χ4v) is 2.58. The van der Waals surface area contributed by atoms with Crippen LogP contribution >= 0.6 is 12.4 Å². The van der Waals surface area contributed by atoms with Crippen LogP contribution in [0.1, 0.15) is 27.2 Å². The van der Waals surface area contributed by atoms with Gasteiger partial charge in [0.2, 0.25) is 5.91 Å². The van der Waals surface area contributed by atoms with Gasteiger partial charge in [0, 0.05) is 45.7 Å². The minimum Gasteiger partial charge on any atom is -0.379 e. The van der Waals surface area contributed by atoms with E-state index in [0.717, 1.165) is 39.4 Å². The maximum atomic E-state index is 11.9. The molecular formula is C14H30ClN3O2. The van der Waals surface area contributed by atoms with Crippen LogP contribution in [0.15, 0.2) is 0 Å². The first-order chi connectivity index (χ1) is 8.80. The molecule has 2 N–H and O–H groups in total. The van der Waals surface area contributed by atoms with Crippen molar-refractivity contribution >= 4 is 18.3 Å². The van der Waals surface area contributed by atoms with Crippen LogP contribution < -0.4 is 5.73 Å². The molecule has 1 unspecified atom stereocenters. The number of hydrogen-bond acceptors (Lipinski definition) is 4. The number of nitrogens with two attached hydrogens (primary N) is 1. The summed E-state index contributed by atoms with van der Waals surface area (Å²) in [6.07, 6.45) is 0.421. The summed E-state index contributed by atoms with van der Waals surface area (Å²) in [6, 6.07) is -0.0719. The van der Waals surface area contributed by atoms with E-state index in [2.05, 4.69) is 18.7 Å². The number of morpholine rings is 1. The highest BCUT2D eigenvalue weighted by molar-refractivity contribution is 5.85. The van der Waals surface area contributed by atoms with Gasteiger partial charge in [0.05, 0.1) is 13.2 Å². The van der Waals surface area contributed by atoms with Crippen LogP contribution in [0.3, 0.4) is 0 Å². The zero-order valence-corrected chi connectivity index (χ0v) is 14.0. The first kappa shape index (κ1) is 19.6. The average molecular weight is 308 g/mol. The number of carbonyl (C=O) groups is 1. The molecule has 0 aliphatic carbocycles. The lowest BCUT2D eigenvalue weighted by Gasteiger charge is -2.37. The minimum absolute atomic E-state index is 0. The lowest BCUT2D eigenvalue weighted by atomic mass is 9.91. The van der Waals surface area contributed by atoms with Gasteiger partial charge < -0.3 is 15.4 Å². The summed E-state index contributed by atoms with van der Waals surface area (Å²) in [5.74, 6) is 0.130. The summed E-state index contributed by atoms with van der Waals surface area (Å²) in [7, 11) is 1.87. The molecule has 0 radical (unpaired) electrons. The largest absolute Gasteiger partial charge is 0.379 e. The number of carbonyl (C=O) groups excluding carboxylic acids is 1. The Balaban J connectivity index is 0.00000361. The van der Waals surface area contributed by atoms with Crippen molar-refractivity contribution in [3.63, 3.8) is 0 Å². The van der Waals surface area contributed by atoms with Crippen LogP contribution in [0.4, 0.5) is 0 Å². The second-order valence-corrected chi connectivity index (χ2v) is 6.48. The third kappa shape index (κ3) is 7.43. The van der Waals surface area contributed by atoms with E-state index in [4.69, 9.17) is 10.5 Å². The van der Waals surface area contributed by atoms with Gasteiger partial charge in [0.1, 0.15) is 0 Å². The zero-order valence-electron chi connectivity index (χ0n) is 13.2. The van der Waals surface area contributed by atoms with E-state index in [1.165, 1.54) is 0 Å². The molecule has 0 saturated carbocycles. The molecule has 1 heterocycles. The van der Waals surface area contributed by atoms with Crippen LogP contribution in [-0.4, -0.2) is 68.2 Å². The van der Waals surface area contributed by atoms with Gasteiger partial charge in [-0.05, 0) is 12.3 Å². The van der Waals surface area contributed by atoms with Crippen molar-refractivity contribution in [2.75, 3.05) is 46.4 Å². The van der Waals surface area contributed by atoms with Crippen molar-refractivity contribution in [1.29, 1.82) is 0 Å². The molecule has 1 amide bonds. The Hall–Kier alpha value is -0.360. The Bertz CT molecular complexity index is 292. The van der Waals surface area contributed by atoms with Crippen molar-refractivity contribution in [3.05, 3.63) is 0 Å². The lowest BCUT2D eigenvalue weighted by molar-refractivity contribution is -0.131. The maximum Gasteiger partial charge on any atom is 0.223 e. The number of ether oxygens (including phenoxy) is 1. The second kappa shape index (κ2) is 8.82. The van der Waals surface area contributed by atoms with Gasteiger partial charge in [-0.15, -0.1) is 12.4 Å². The molecule has 0 aromatic heterocycles. The Morgan fingerprint density at radius 3 is 2.45 bits per heavy atom. The fraction of sp³-hybridized carbons (Fsp3) is 0.929. The third-order valence-electron chi connectivity index (χ3n) is 3.34. The van der Waals surface area contributed by atoms with Gasteiger partial charge in [0.25, 0.3) is 0 Å². The van der Waals surface area contributed by atoms with E-state index in [1.807, 2.05) is 18.9 Å². The molecule has 1 rings (SSSR count). The van der Waals surface area contributed by atoms with Crippen molar-refractivity contribution in [1.82, 2.24) is 9.80 Å². The highest BCUT2D eigenvalue weighted by Crippen LogP contribution is 2.19. The third-order valence-corrected chi connectivity index (χ3v) is 3.34. The first-order valence-corrected chi connectivity index (χ1v) is 7.10. The van der Waals surface area contributed by atoms with Gasteiger partial charge in [-0.2, -0.15) is 0 Å². The summed E-state index contributed by atoms with van der Waals surface area (Å²) in [5, 5.41) is 0. The predicted octanol–water partition coefficient (Wildman–Crippen LogP) is 0.962. The molecule has 120 valence electrons. The van der Waals surface area contributed by atoms with Gasteiger partial charge in [-0.25, -0.2) is 0 Å². The molecular weight excluding hydrogens is 278 g/mol. The molecule has 6 heteroatoms. The Kier molecular flexibility index (Phi) is 8.66. The van der Waals surface area contributed by atoms with Crippen molar-refractivity contribution in [2.45, 2.75) is 33.2 Å². The van der Waals surface area contributed by atoms with Crippen molar-refractivity contribution < 1.29 is 9.53 Å². The Labute approximate surface area is 129 Å². The topological polar surface area (TPSA) is 58.8 Å². The second-order valence-electron chi connectivity index (χ2n) is 6.48. The predicted molar refractivity (Wildman–Crippen MR) is 84.2 cm³/mol. The number of halogens is 1. The van der Waals surface area contributed by atoms with E-state index >= 15 is 0 Å². The summed E-state index contributed by atoms with van der Waals surface area (Å²) in [6.45, 7) is 11.6. The Morgan fingerprint density at radius 1 is 1.40 bits per heavy atom. The highest BCUT2D eigenvalue weighted by atomic mass is 35.5. The smallest absolute Gasteiger partial charge is 0.223 e. The summed E-state index contributed by atoms with van der Waals surface area (Å²) >= 11 is 0. The molecule has 0 aromatic rings. The van der Waals surface area contributed by atoms with Gasteiger partial charge in [-0.1, -0.05) is 13.8 Å². The lowest BCUT2D eigenvalue weighted by Crippen LogP contribution is -2.46. The molecule has 1 aliphatic heterocycles. The zero-order chi connectivity index (χ0) is 14.5. The molecule has 0 aromatic carbocycles. The standard InChI is InChI=1S/C14H29N3O2.ClH/c1-12(15)9-13(18)16(4)10-14(2,3)11-17-5-7-19-8-6-17;/h12H,5-11,15H2,1-4H3;1H. The minimum atomic E-state index is -0.0719. The molecule has 1 saturated heterocycles. The monoisotopic (exact) mass is 307 g/mol. The summed E-state index contributed by atoms with van der Waals surface area (Å²) in [5.41, 5.74) is 5.76. The molecule has 1 fully saturated rings. The highest BCUT2D eigenvalue weighted by Gasteiger charge is 2.26.